The van der Waals surface area contributed by atoms with Gasteiger partial charge in [0.15, 0.2) is 0 Å². The van der Waals surface area contributed by atoms with Gasteiger partial charge in [-0.1, -0.05) is 19.0 Å². The second kappa shape index (κ2) is 7.45. The number of benzene rings is 1. The smallest absolute Gasteiger partial charge is 0.0924 e. The van der Waals surface area contributed by atoms with Crippen molar-refractivity contribution >= 4 is 11.4 Å². The van der Waals surface area contributed by atoms with Crippen LogP contribution in [0.5, 0.6) is 0 Å². The highest BCUT2D eigenvalue weighted by Crippen LogP contribution is 2.20. The molecule has 1 atom stereocenters. The van der Waals surface area contributed by atoms with Crippen molar-refractivity contribution < 1.29 is 0 Å². The molecule has 0 saturated heterocycles. The molecule has 1 N–H and O–H groups in total. The van der Waals surface area contributed by atoms with Gasteiger partial charge in [0.05, 0.1) is 16.3 Å². The molecular formula is C13H20N4O2. The van der Waals surface area contributed by atoms with Gasteiger partial charge in [-0.05, 0) is 49.9 Å². The summed E-state index contributed by atoms with van der Waals surface area (Å²) in [7, 11) is 0. The van der Waals surface area contributed by atoms with E-state index in [2.05, 4.69) is 36.7 Å². The third-order valence-corrected chi connectivity index (χ3v) is 2.84. The number of hydrogen-bond donors (Lipinski definition) is 1. The Kier molecular flexibility index (Phi) is 5.92. The lowest BCUT2D eigenvalue weighted by Crippen LogP contribution is -2.15. The summed E-state index contributed by atoms with van der Waals surface area (Å²) in [4.78, 5) is 20.6. The van der Waals surface area contributed by atoms with Crippen LogP contribution in [0.25, 0.3) is 0 Å². The zero-order valence-corrected chi connectivity index (χ0v) is 11.5. The molecule has 0 aromatic heterocycles. The van der Waals surface area contributed by atoms with Gasteiger partial charge in [0.1, 0.15) is 0 Å². The molecule has 0 aliphatic heterocycles. The summed E-state index contributed by atoms with van der Waals surface area (Å²) in [5.41, 5.74) is 1.29. The average Bonchev–Trinajstić information content (AvgIpc) is 2.40. The van der Waals surface area contributed by atoms with Crippen LogP contribution in [0, 0.1) is 15.7 Å². The third kappa shape index (κ3) is 5.03. The van der Waals surface area contributed by atoms with Gasteiger partial charge in [0.2, 0.25) is 0 Å². The Morgan fingerprint density at radius 2 is 1.63 bits per heavy atom. The van der Waals surface area contributed by atoms with E-state index in [1.54, 1.807) is 24.3 Å². The Morgan fingerprint density at radius 1 is 1.05 bits per heavy atom. The van der Waals surface area contributed by atoms with Crippen LogP contribution in [0.3, 0.4) is 0 Å². The van der Waals surface area contributed by atoms with E-state index >= 15 is 0 Å². The SMILES string of the molecule is CC(C)CCC(C)Nc1ccc(N(N=O)N=O)cc1. The maximum Gasteiger partial charge on any atom is 0.0924 e. The fourth-order valence-corrected chi connectivity index (χ4v) is 1.74. The number of nitrogens with zero attached hydrogens (tertiary/aromatic N) is 3. The molecular weight excluding hydrogens is 244 g/mol. The van der Waals surface area contributed by atoms with Crippen LogP contribution in [0.1, 0.15) is 33.6 Å². The number of nitrogens with one attached hydrogen (secondary N) is 1. The van der Waals surface area contributed by atoms with Gasteiger partial charge in [-0.25, -0.2) is 0 Å². The molecule has 0 saturated carbocycles. The topological polar surface area (TPSA) is 74.1 Å². The second-order valence-corrected chi connectivity index (χ2v) is 5.02. The first kappa shape index (κ1) is 15.1. The van der Waals surface area contributed by atoms with E-state index < -0.39 is 0 Å². The van der Waals surface area contributed by atoms with Crippen molar-refractivity contribution in [2.75, 3.05) is 10.4 Å². The summed E-state index contributed by atoms with van der Waals surface area (Å²) >= 11 is 0. The first-order valence-corrected chi connectivity index (χ1v) is 6.40. The monoisotopic (exact) mass is 264 g/mol. The Balaban J connectivity index is 2.56. The lowest BCUT2D eigenvalue weighted by atomic mass is 10.0. The standard InChI is InChI=1S/C13H20N4O2/c1-10(2)4-5-11(3)14-12-6-8-13(9-7-12)17(15-18)16-19/h6-11,14H,4-5H2,1-3H3. The van der Waals surface area contributed by atoms with E-state index in [1.807, 2.05) is 0 Å². The number of hydrogen-bond acceptors (Lipinski definition) is 5. The normalized spacial score (nSPS) is 12.0. The number of nitroso groups, excluding NO2 is 2. The minimum absolute atomic E-state index is 0.352. The van der Waals surface area contributed by atoms with Crippen molar-refractivity contribution in [3.8, 4) is 0 Å². The van der Waals surface area contributed by atoms with Gasteiger partial charge in [-0.3, -0.25) is 0 Å². The van der Waals surface area contributed by atoms with Crippen molar-refractivity contribution in [2.24, 2.45) is 16.5 Å². The van der Waals surface area contributed by atoms with Crippen LogP contribution in [0.4, 0.5) is 11.4 Å². The molecule has 104 valence electrons. The van der Waals surface area contributed by atoms with Gasteiger partial charge in [-0.15, -0.1) is 9.81 Å². The molecule has 1 aromatic rings. The van der Waals surface area contributed by atoms with Crippen LogP contribution in [-0.2, 0) is 0 Å². The molecule has 0 fully saturated rings. The maximum atomic E-state index is 10.3. The van der Waals surface area contributed by atoms with Gasteiger partial charge < -0.3 is 5.32 Å². The van der Waals surface area contributed by atoms with Crippen LogP contribution in [0.15, 0.2) is 34.8 Å². The lowest BCUT2D eigenvalue weighted by molar-refractivity contribution is 0.528. The molecule has 0 amide bonds. The van der Waals surface area contributed by atoms with Crippen LogP contribution < -0.4 is 10.4 Å². The molecule has 0 radical (unpaired) electrons. The molecule has 0 aliphatic carbocycles. The van der Waals surface area contributed by atoms with Gasteiger partial charge >= 0.3 is 0 Å². The summed E-state index contributed by atoms with van der Waals surface area (Å²) in [5.74, 6) is 0.692. The molecule has 1 rings (SSSR count). The minimum atomic E-state index is 0.352. The maximum absolute atomic E-state index is 10.3. The molecule has 0 aliphatic rings. The fraction of sp³-hybridized carbons (Fsp3) is 0.538. The highest BCUT2D eigenvalue weighted by molar-refractivity contribution is 5.54. The summed E-state index contributed by atoms with van der Waals surface area (Å²) in [6.45, 7) is 6.53. The fourth-order valence-electron chi connectivity index (χ4n) is 1.74. The first-order valence-electron chi connectivity index (χ1n) is 6.40. The number of anilines is 2. The van der Waals surface area contributed by atoms with E-state index in [4.69, 9.17) is 0 Å². The lowest BCUT2D eigenvalue weighted by Gasteiger charge is -2.16. The highest BCUT2D eigenvalue weighted by atomic mass is 16.4. The summed E-state index contributed by atoms with van der Waals surface area (Å²) in [5, 5.41) is 8.87. The first-order chi connectivity index (χ1) is 9.06. The van der Waals surface area contributed by atoms with Crippen molar-refractivity contribution in [3.63, 3.8) is 0 Å². The van der Waals surface area contributed by atoms with E-state index in [0.717, 1.165) is 12.1 Å². The van der Waals surface area contributed by atoms with E-state index in [0.29, 0.717) is 22.8 Å². The Hall–Kier alpha value is -1.98. The van der Waals surface area contributed by atoms with Crippen molar-refractivity contribution in [1.29, 1.82) is 0 Å². The quantitative estimate of drug-likeness (QED) is 0.566. The van der Waals surface area contributed by atoms with Gasteiger partial charge in [0.25, 0.3) is 0 Å². The van der Waals surface area contributed by atoms with E-state index in [1.165, 1.54) is 6.42 Å². The second-order valence-electron chi connectivity index (χ2n) is 5.02. The molecule has 1 aromatic carbocycles. The molecule has 0 bridgehead atoms. The van der Waals surface area contributed by atoms with Crippen LogP contribution >= 0.6 is 0 Å². The molecule has 6 heteroatoms. The predicted molar refractivity (Wildman–Crippen MR) is 77.7 cm³/mol. The summed E-state index contributed by atoms with van der Waals surface area (Å²) in [6, 6.07) is 7.22. The average molecular weight is 264 g/mol. The minimum Gasteiger partial charge on any atom is -0.383 e. The summed E-state index contributed by atoms with van der Waals surface area (Å²) in [6.07, 6.45) is 2.27. The summed E-state index contributed by atoms with van der Waals surface area (Å²) < 4.78 is 0. The molecule has 1 unspecified atom stereocenters. The number of rotatable bonds is 8. The zero-order chi connectivity index (χ0) is 14.3. The zero-order valence-electron chi connectivity index (χ0n) is 11.5. The van der Waals surface area contributed by atoms with Crippen LogP contribution in [-0.4, -0.2) is 6.04 Å². The van der Waals surface area contributed by atoms with Crippen molar-refractivity contribution in [3.05, 3.63) is 34.1 Å². The van der Waals surface area contributed by atoms with E-state index in [9.17, 15) is 9.81 Å². The highest BCUT2D eigenvalue weighted by Gasteiger charge is 2.07. The predicted octanol–water partition coefficient (Wildman–Crippen LogP) is 4.09. The third-order valence-electron chi connectivity index (χ3n) is 2.84. The molecule has 0 spiro atoms. The van der Waals surface area contributed by atoms with E-state index in [-0.39, 0.29) is 0 Å². The molecule has 0 heterocycles. The molecule has 6 nitrogen and oxygen atoms in total. The van der Waals surface area contributed by atoms with Gasteiger partial charge in [0, 0.05) is 11.7 Å². The van der Waals surface area contributed by atoms with Crippen molar-refractivity contribution in [1.82, 2.24) is 0 Å². The Bertz CT molecular complexity index is 398. The van der Waals surface area contributed by atoms with Crippen molar-refractivity contribution in [2.45, 2.75) is 39.7 Å². The Morgan fingerprint density at radius 3 is 2.11 bits per heavy atom. The largest absolute Gasteiger partial charge is 0.383 e. The van der Waals surface area contributed by atoms with Gasteiger partial charge in [-0.2, -0.15) is 0 Å². The Labute approximate surface area is 113 Å². The molecule has 19 heavy (non-hydrogen) atoms. The van der Waals surface area contributed by atoms with Crippen LogP contribution in [0.2, 0.25) is 0 Å².